The van der Waals surface area contributed by atoms with Gasteiger partial charge in [0.1, 0.15) is 0 Å². The van der Waals surface area contributed by atoms with Crippen molar-refractivity contribution in [2.75, 3.05) is 4.90 Å². The van der Waals surface area contributed by atoms with Gasteiger partial charge in [-0.3, -0.25) is 0 Å². The van der Waals surface area contributed by atoms with Gasteiger partial charge in [-0.25, -0.2) is 0 Å². The molecule has 8 aromatic rings. The smallest absolute Gasteiger partial charge is 0.0543 e. The molecule has 0 heterocycles. The zero-order chi connectivity index (χ0) is 37.6. The van der Waals surface area contributed by atoms with Crippen molar-refractivity contribution in [3.8, 4) is 33.4 Å². The molecule has 0 N–H and O–H groups in total. The molecule has 8 aromatic carbocycles. The number of nitrogens with zero attached hydrogens (tertiary/aromatic N) is 1. The molecule has 266 valence electrons. The van der Waals surface area contributed by atoms with Crippen molar-refractivity contribution in [1.82, 2.24) is 0 Å². The molecule has 0 saturated heterocycles. The molecule has 55 heavy (non-hydrogen) atoms. The topological polar surface area (TPSA) is 3.24 Å². The van der Waals surface area contributed by atoms with Crippen LogP contribution in [0.25, 0.3) is 54.9 Å². The van der Waals surface area contributed by atoms with Crippen LogP contribution in [0.3, 0.4) is 0 Å². The van der Waals surface area contributed by atoms with Gasteiger partial charge in [-0.15, -0.1) is 0 Å². The summed E-state index contributed by atoms with van der Waals surface area (Å²) >= 11 is 0. The van der Waals surface area contributed by atoms with E-state index in [2.05, 4.69) is 199 Å². The maximum absolute atomic E-state index is 2.58. The first-order valence-electron chi connectivity index (χ1n) is 19.9. The Balaban J connectivity index is 1.14. The molecule has 0 aliphatic heterocycles. The van der Waals surface area contributed by atoms with Crippen LogP contribution >= 0.6 is 0 Å². The first kappa shape index (κ1) is 32.5. The molecule has 0 atom stereocenters. The van der Waals surface area contributed by atoms with Crippen LogP contribution in [0.15, 0.2) is 146 Å². The van der Waals surface area contributed by atoms with Crippen LogP contribution in [0.4, 0.5) is 17.1 Å². The Bertz CT molecular complexity index is 2900. The summed E-state index contributed by atoms with van der Waals surface area (Å²) in [6.45, 7) is 16.9. The second-order valence-electron chi connectivity index (χ2n) is 17.8. The quantitative estimate of drug-likeness (QED) is 0.177. The van der Waals surface area contributed by atoms with E-state index in [-0.39, 0.29) is 16.2 Å². The predicted octanol–water partition coefficient (Wildman–Crippen LogP) is 14.7. The molecule has 0 bridgehead atoms. The standard InChI is InChI=1S/C54H45N/c1-32-26-47-50(37-24-16-14-22-35(32)37)41-29-43-39(27-45(41)53(47,4)5)40-28-46-42(30-44(40)52(43,2)3)51-38-25-17-15-23-36(38)49(31-48(51)54(46,6)7)55(33-18-10-8-11-19-33)34-20-12-9-13-21-34/h8-31H,1-7H3. The van der Waals surface area contributed by atoms with Gasteiger partial charge in [0.15, 0.2) is 0 Å². The highest BCUT2D eigenvalue weighted by Crippen LogP contribution is 2.61. The fourth-order valence-electron chi connectivity index (χ4n) is 10.8. The highest BCUT2D eigenvalue weighted by atomic mass is 15.1. The molecule has 3 aliphatic rings. The molecule has 1 heteroatoms. The fraction of sp³-hybridized carbons (Fsp3) is 0.185. The lowest BCUT2D eigenvalue weighted by Gasteiger charge is -2.29. The van der Waals surface area contributed by atoms with Gasteiger partial charge in [0, 0.05) is 33.0 Å². The van der Waals surface area contributed by atoms with Crippen molar-refractivity contribution in [2.24, 2.45) is 0 Å². The van der Waals surface area contributed by atoms with Crippen LogP contribution in [0.1, 0.15) is 80.5 Å². The highest BCUT2D eigenvalue weighted by Gasteiger charge is 2.45. The maximum Gasteiger partial charge on any atom is 0.0543 e. The van der Waals surface area contributed by atoms with Crippen LogP contribution in [0.2, 0.25) is 0 Å². The molecule has 0 amide bonds. The molecule has 0 unspecified atom stereocenters. The number of hydrogen-bond donors (Lipinski definition) is 0. The Morgan fingerprint density at radius 3 is 1.22 bits per heavy atom. The summed E-state index contributed by atoms with van der Waals surface area (Å²) in [7, 11) is 0. The Labute approximate surface area is 324 Å². The van der Waals surface area contributed by atoms with Gasteiger partial charge in [-0.1, -0.05) is 133 Å². The minimum atomic E-state index is -0.201. The Hall–Kier alpha value is -5.92. The Morgan fingerprint density at radius 1 is 0.345 bits per heavy atom. The molecule has 3 aliphatic carbocycles. The van der Waals surface area contributed by atoms with Crippen molar-refractivity contribution in [3.05, 3.63) is 185 Å². The molecular formula is C54H45N. The van der Waals surface area contributed by atoms with Crippen LogP contribution < -0.4 is 4.90 Å². The third-order valence-corrected chi connectivity index (χ3v) is 13.7. The third-order valence-electron chi connectivity index (χ3n) is 13.7. The van der Waals surface area contributed by atoms with Crippen molar-refractivity contribution in [2.45, 2.75) is 64.7 Å². The Morgan fingerprint density at radius 2 is 0.709 bits per heavy atom. The third kappa shape index (κ3) is 4.19. The lowest BCUT2D eigenvalue weighted by molar-refractivity contribution is 0.649. The largest absolute Gasteiger partial charge is 0.310 e. The Kier molecular flexibility index (Phi) is 6.42. The first-order chi connectivity index (χ1) is 26.5. The van der Waals surface area contributed by atoms with E-state index in [4.69, 9.17) is 0 Å². The van der Waals surface area contributed by atoms with Crippen LogP contribution in [-0.4, -0.2) is 0 Å². The molecule has 0 fully saturated rings. The summed E-state index contributed by atoms with van der Waals surface area (Å²) in [5, 5.41) is 5.31. The second kappa shape index (κ2) is 10.9. The average molecular weight is 708 g/mol. The fourth-order valence-corrected chi connectivity index (χ4v) is 10.8. The molecule has 0 aromatic heterocycles. The monoisotopic (exact) mass is 707 g/mol. The van der Waals surface area contributed by atoms with E-state index in [1.165, 1.54) is 99.6 Å². The summed E-state index contributed by atoms with van der Waals surface area (Å²) < 4.78 is 0. The number of anilines is 3. The van der Waals surface area contributed by atoms with E-state index in [1.807, 2.05) is 0 Å². The summed E-state index contributed by atoms with van der Waals surface area (Å²) in [4.78, 5) is 2.44. The van der Waals surface area contributed by atoms with Gasteiger partial charge < -0.3 is 4.90 Å². The molecule has 0 spiro atoms. The summed E-state index contributed by atoms with van der Waals surface area (Å²) in [5.74, 6) is 0. The summed E-state index contributed by atoms with van der Waals surface area (Å²) in [5.41, 5.74) is 21.4. The van der Waals surface area contributed by atoms with E-state index in [1.54, 1.807) is 0 Å². The number of rotatable bonds is 3. The lowest BCUT2D eigenvalue weighted by Crippen LogP contribution is -2.18. The van der Waals surface area contributed by atoms with Crippen molar-refractivity contribution >= 4 is 38.6 Å². The summed E-state index contributed by atoms with van der Waals surface area (Å²) in [6, 6.07) is 55.0. The van der Waals surface area contributed by atoms with Gasteiger partial charge in [-0.05, 0) is 150 Å². The van der Waals surface area contributed by atoms with E-state index in [0.717, 1.165) is 11.4 Å². The second-order valence-corrected chi connectivity index (χ2v) is 17.8. The van der Waals surface area contributed by atoms with E-state index in [9.17, 15) is 0 Å². The van der Waals surface area contributed by atoms with E-state index >= 15 is 0 Å². The van der Waals surface area contributed by atoms with Crippen LogP contribution in [-0.2, 0) is 16.2 Å². The number of aryl methyl sites for hydroxylation is 1. The van der Waals surface area contributed by atoms with Crippen molar-refractivity contribution < 1.29 is 0 Å². The summed E-state index contributed by atoms with van der Waals surface area (Å²) in [6.07, 6.45) is 0. The molecule has 0 radical (unpaired) electrons. The van der Waals surface area contributed by atoms with Crippen LogP contribution in [0.5, 0.6) is 0 Å². The minimum absolute atomic E-state index is 0.0910. The van der Waals surface area contributed by atoms with Gasteiger partial charge in [0.05, 0.1) is 5.69 Å². The molecule has 1 nitrogen and oxygen atoms in total. The molecule has 0 saturated carbocycles. The van der Waals surface area contributed by atoms with E-state index < -0.39 is 0 Å². The zero-order valence-electron chi connectivity index (χ0n) is 32.8. The number of benzene rings is 8. The van der Waals surface area contributed by atoms with E-state index in [0.29, 0.717) is 0 Å². The first-order valence-corrected chi connectivity index (χ1v) is 19.9. The molecule has 11 rings (SSSR count). The number of para-hydroxylation sites is 2. The maximum atomic E-state index is 2.58. The number of fused-ring (bicyclic) bond motifs is 13. The van der Waals surface area contributed by atoms with Gasteiger partial charge >= 0.3 is 0 Å². The highest BCUT2D eigenvalue weighted by molar-refractivity contribution is 6.11. The number of hydrogen-bond acceptors (Lipinski definition) is 1. The van der Waals surface area contributed by atoms with Gasteiger partial charge in [0.25, 0.3) is 0 Å². The normalized spacial score (nSPS) is 16.0. The van der Waals surface area contributed by atoms with Gasteiger partial charge in [0.2, 0.25) is 0 Å². The minimum Gasteiger partial charge on any atom is -0.310 e. The lowest BCUT2D eigenvalue weighted by atomic mass is 9.78. The molecular weight excluding hydrogens is 663 g/mol. The van der Waals surface area contributed by atoms with Gasteiger partial charge in [-0.2, -0.15) is 0 Å². The average Bonchev–Trinajstić information content (AvgIpc) is 3.66. The van der Waals surface area contributed by atoms with Crippen molar-refractivity contribution in [3.63, 3.8) is 0 Å². The zero-order valence-corrected chi connectivity index (χ0v) is 32.8. The van der Waals surface area contributed by atoms with Crippen LogP contribution in [0, 0.1) is 6.92 Å². The van der Waals surface area contributed by atoms with Crippen molar-refractivity contribution in [1.29, 1.82) is 0 Å². The SMILES string of the molecule is Cc1cc2c(c3ccccc13)-c1cc3c(cc1C2(C)C)-c1cc2c(cc1C3(C)C)-c1c(cc(N(c3ccccc3)c3ccccc3)c3ccccc13)C2(C)C. The predicted molar refractivity (Wildman–Crippen MR) is 234 cm³/mol.